The molecule has 0 saturated carbocycles. The lowest BCUT2D eigenvalue weighted by Crippen LogP contribution is -1.98. The van der Waals surface area contributed by atoms with Gasteiger partial charge < -0.3 is 10.6 Å². The molecule has 4 heteroatoms. The lowest BCUT2D eigenvalue weighted by atomic mass is 10.2. The summed E-state index contributed by atoms with van der Waals surface area (Å²) in [5.74, 6) is 0. The summed E-state index contributed by atoms with van der Waals surface area (Å²) in [4.78, 5) is 0. The Hall–Kier alpha value is -3.92. The fraction of sp³-hybridized carbons (Fsp3) is 0.0769. The number of hydrogen-bond donors (Lipinski definition) is 2. The highest BCUT2D eigenvalue weighted by Gasteiger charge is 1.97. The molecule has 2 N–H and O–H groups in total. The molecule has 4 aromatic carbocycles. The minimum atomic E-state index is 0.798. The maximum atomic E-state index is 4.34. The Bertz CT molecular complexity index is 969. The van der Waals surface area contributed by atoms with Gasteiger partial charge in [0.05, 0.1) is 11.4 Å². The lowest BCUT2D eigenvalue weighted by Gasteiger charge is -2.07. The Morgan fingerprint density at radius 3 is 1.17 bits per heavy atom. The van der Waals surface area contributed by atoms with E-state index in [9.17, 15) is 0 Å². The second-order valence-electron chi connectivity index (χ2n) is 6.97. The molecule has 0 aliphatic carbocycles. The van der Waals surface area contributed by atoms with Crippen molar-refractivity contribution in [2.24, 2.45) is 10.2 Å². The molecular formula is C26H24N4. The van der Waals surface area contributed by atoms with Gasteiger partial charge in [-0.25, -0.2) is 0 Å². The van der Waals surface area contributed by atoms with Crippen LogP contribution in [0.15, 0.2) is 119 Å². The fourth-order valence-electron chi connectivity index (χ4n) is 3.01. The Labute approximate surface area is 177 Å². The van der Waals surface area contributed by atoms with Crippen LogP contribution in [0.3, 0.4) is 0 Å². The molecule has 0 aliphatic rings. The highest BCUT2D eigenvalue weighted by atomic mass is 15.1. The van der Waals surface area contributed by atoms with Crippen LogP contribution >= 0.6 is 0 Å². The van der Waals surface area contributed by atoms with Crippen molar-refractivity contribution in [3.63, 3.8) is 0 Å². The molecule has 4 rings (SSSR count). The van der Waals surface area contributed by atoms with Gasteiger partial charge in [-0.1, -0.05) is 60.7 Å². The zero-order chi connectivity index (χ0) is 20.4. The van der Waals surface area contributed by atoms with Gasteiger partial charge >= 0.3 is 0 Å². The third kappa shape index (κ3) is 5.79. The van der Waals surface area contributed by atoms with E-state index in [0.717, 1.165) is 35.8 Å². The second-order valence-corrected chi connectivity index (χ2v) is 6.97. The van der Waals surface area contributed by atoms with E-state index in [1.54, 1.807) is 0 Å². The molecule has 0 fully saturated rings. The molecule has 0 aromatic heterocycles. The van der Waals surface area contributed by atoms with E-state index in [1.807, 2.05) is 84.9 Å². The van der Waals surface area contributed by atoms with E-state index in [0.29, 0.717) is 0 Å². The molecule has 0 aliphatic heterocycles. The average Bonchev–Trinajstić information content (AvgIpc) is 2.83. The van der Waals surface area contributed by atoms with Gasteiger partial charge in [-0.3, -0.25) is 0 Å². The van der Waals surface area contributed by atoms with Crippen LogP contribution < -0.4 is 10.6 Å². The summed E-state index contributed by atoms with van der Waals surface area (Å²) in [5.41, 5.74) is 6.28. The van der Waals surface area contributed by atoms with Crippen LogP contribution in [0.2, 0.25) is 0 Å². The SMILES string of the molecule is c1ccc(CNc2ccc(N=Nc3ccc(NCc4ccccc4)cc3)cc2)cc1. The van der Waals surface area contributed by atoms with Gasteiger partial charge in [0.25, 0.3) is 0 Å². The summed E-state index contributed by atoms with van der Waals surface area (Å²) < 4.78 is 0. The Kier molecular flexibility index (Phi) is 6.48. The van der Waals surface area contributed by atoms with Crippen molar-refractivity contribution >= 4 is 22.7 Å². The first-order valence-electron chi connectivity index (χ1n) is 10.0. The van der Waals surface area contributed by atoms with E-state index < -0.39 is 0 Å². The average molecular weight is 393 g/mol. The summed E-state index contributed by atoms with van der Waals surface area (Å²) in [6, 6.07) is 36.6. The molecule has 4 nitrogen and oxygen atoms in total. The van der Waals surface area contributed by atoms with Crippen LogP contribution in [0.5, 0.6) is 0 Å². The summed E-state index contributed by atoms with van der Waals surface area (Å²) in [5, 5.41) is 15.5. The van der Waals surface area contributed by atoms with E-state index >= 15 is 0 Å². The van der Waals surface area contributed by atoms with Crippen molar-refractivity contribution in [2.75, 3.05) is 10.6 Å². The topological polar surface area (TPSA) is 48.8 Å². The van der Waals surface area contributed by atoms with Crippen molar-refractivity contribution < 1.29 is 0 Å². The maximum Gasteiger partial charge on any atom is 0.0858 e. The van der Waals surface area contributed by atoms with Crippen LogP contribution in [-0.2, 0) is 13.1 Å². The van der Waals surface area contributed by atoms with E-state index in [-0.39, 0.29) is 0 Å². The predicted molar refractivity (Wildman–Crippen MR) is 125 cm³/mol. The Balaban J connectivity index is 1.28. The summed E-state index contributed by atoms with van der Waals surface area (Å²) in [7, 11) is 0. The second kappa shape index (κ2) is 10.0. The first kappa shape index (κ1) is 19.4. The van der Waals surface area contributed by atoms with E-state index in [2.05, 4.69) is 45.1 Å². The zero-order valence-corrected chi connectivity index (χ0v) is 16.7. The molecule has 30 heavy (non-hydrogen) atoms. The van der Waals surface area contributed by atoms with Crippen molar-refractivity contribution in [3.05, 3.63) is 120 Å². The molecule has 0 radical (unpaired) electrons. The first-order valence-corrected chi connectivity index (χ1v) is 10.0. The summed E-state index contributed by atoms with van der Waals surface area (Å²) in [6.07, 6.45) is 0. The monoisotopic (exact) mass is 392 g/mol. The number of azo groups is 1. The van der Waals surface area contributed by atoms with Crippen molar-refractivity contribution in [3.8, 4) is 0 Å². The standard InChI is InChI=1S/C26H24N4/c1-3-7-21(8-4-1)19-27-23-11-15-25(16-12-23)29-30-26-17-13-24(14-18-26)28-20-22-9-5-2-6-10-22/h1-18,27-28H,19-20H2. The van der Waals surface area contributed by atoms with Crippen molar-refractivity contribution in [2.45, 2.75) is 13.1 Å². The van der Waals surface area contributed by atoms with E-state index in [1.165, 1.54) is 11.1 Å². The number of rotatable bonds is 8. The first-order chi connectivity index (χ1) is 14.8. The fourth-order valence-corrected chi connectivity index (χ4v) is 3.01. The van der Waals surface area contributed by atoms with Gasteiger partial charge in [-0.15, -0.1) is 0 Å². The zero-order valence-electron chi connectivity index (χ0n) is 16.7. The highest BCUT2D eigenvalue weighted by Crippen LogP contribution is 2.22. The molecule has 0 spiro atoms. The number of benzene rings is 4. The number of hydrogen-bond acceptors (Lipinski definition) is 4. The molecule has 148 valence electrons. The van der Waals surface area contributed by atoms with Crippen LogP contribution in [0.25, 0.3) is 0 Å². The molecule has 0 saturated heterocycles. The third-order valence-corrected chi connectivity index (χ3v) is 4.69. The summed E-state index contributed by atoms with van der Waals surface area (Å²) in [6.45, 7) is 1.60. The number of nitrogens with zero attached hydrogens (tertiary/aromatic N) is 2. The van der Waals surface area contributed by atoms with E-state index in [4.69, 9.17) is 0 Å². The van der Waals surface area contributed by atoms with Crippen molar-refractivity contribution in [1.29, 1.82) is 0 Å². The maximum absolute atomic E-state index is 4.34. The molecule has 0 bridgehead atoms. The molecule has 0 amide bonds. The molecular weight excluding hydrogens is 368 g/mol. The molecule has 0 unspecified atom stereocenters. The minimum absolute atomic E-state index is 0.798. The third-order valence-electron chi connectivity index (χ3n) is 4.69. The van der Waals surface area contributed by atoms with Crippen LogP contribution in [0.1, 0.15) is 11.1 Å². The van der Waals surface area contributed by atoms with Crippen LogP contribution in [-0.4, -0.2) is 0 Å². The van der Waals surface area contributed by atoms with Gasteiger partial charge in [0.2, 0.25) is 0 Å². The van der Waals surface area contributed by atoms with Gasteiger partial charge in [0, 0.05) is 24.5 Å². The quantitative estimate of drug-likeness (QED) is 0.308. The number of anilines is 2. The van der Waals surface area contributed by atoms with Gasteiger partial charge in [0.1, 0.15) is 0 Å². The molecule has 0 atom stereocenters. The van der Waals surface area contributed by atoms with Gasteiger partial charge in [-0.2, -0.15) is 10.2 Å². The Morgan fingerprint density at radius 2 is 0.800 bits per heavy atom. The largest absolute Gasteiger partial charge is 0.381 e. The smallest absolute Gasteiger partial charge is 0.0858 e. The number of nitrogens with one attached hydrogen (secondary N) is 2. The predicted octanol–water partition coefficient (Wildman–Crippen LogP) is 7.33. The summed E-state index contributed by atoms with van der Waals surface area (Å²) >= 11 is 0. The van der Waals surface area contributed by atoms with Gasteiger partial charge in [-0.05, 0) is 59.7 Å². The normalized spacial score (nSPS) is 10.8. The lowest BCUT2D eigenvalue weighted by molar-refractivity contribution is 1.15. The molecule has 0 heterocycles. The minimum Gasteiger partial charge on any atom is -0.381 e. The van der Waals surface area contributed by atoms with Gasteiger partial charge in [0.15, 0.2) is 0 Å². The molecule has 4 aromatic rings. The van der Waals surface area contributed by atoms with Crippen molar-refractivity contribution in [1.82, 2.24) is 0 Å². The highest BCUT2D eigenvalue weighted by molar-refractivity contribution is 5.53. The Morgan fingerprint density at radius 1 is 0.433 bits per heavy atom. The van der Waals surface area contributed by atoms with Crippen LogP contribution in [0.4, 0.5) is 22.7 Å². The van der Waals surface area contributed by atoms with Crippen LogP contribution in [0, 0.1) is 0 Å².